The highest BCUT2D eigenvalue weighted by Crippen LogP contribution is 2.40. The molecule has 0 spiro atoms. The molecule has 6 nitrogen and oxygen atoms in total. The summed E-state index contributed by atoms with van der Waals surface area (Å²) in [5.41, 5.74) is 3.66. The van der Waals surface area contributed by atoms with Crippen LogP contribution >= 0.6 is 0 Å². The number of hydrogen-bond acceptors (Lipinski definition) is 6. The molecule has 1 aromatic rings. The summed E-state index contributed by atoms with van der Waals surface area (Å²) < 4.78 is 28.6. The lowest BCUT2D eigenvalue weighted by Crippen LogP contribution is -2.33. The van der Waals surface area contributed by atoms with Crippen LogP contribution in [0.3, 0.4) is 0 Å². The molecule has 4 aliphatic rings. The zero-order valence-corrected chi connectivity index (χ0v) is 20.6. The van der Waals surface area contributed by atoms with Gasteiger partial charge in [-0.25, -0.2) is 0 Å². The zero-order valence-electron chi connectivity index (χ0n) is 20.6. The molecule has 3 fully saturated rings. The molecule has 0 saturated carbocycles. The molecule has 1 N–H and O–H groups in total. The second-order valence-corrected chi connectivity index (χ2v) is 9.55. The third kappa shape index (κ3) is 7.10. The Balaban J connectivity index is 0.000000218. The zero-order chi connectivity index (χ0) is 23.5. The SMILES string of the molecule is C.CC.CC1(C)OCC([C@@H]2C[C@H]3OC(C)(C)O[C@H]3O2)O1.CC1C=Cc2cc(CO)ccc2C1. The summed E-state index contributed by atoms with van der Waals surface area (Å²) in [6.45, 7) is 14.6. The standard InChI is InChI=1S/C12H20O5.C12H14O.C2H6.CH4/c1-11(2)13-6-9(16-11)7-5-8-10(14-7)17-12(3,4)15-8;1-9-2-4-12-7-10(8-13)3-5-11(12)6-9;1-2;/h7-10H,5-6H2,1-4H3;2-5,7,9,13H,6,8H2,1H3;1-2H3;1H4/t7-,8+,9?,10+;;;/m0.../s1. The molecule has 3 heterocycles. The Morgan fingerprint density at radius 3 is 2.27 bits per heavy atom. The van der Waals surface area contributed by atoms with Crippen LogP contribution in [0.4, 0.5) is 0 Å². The highest BCUT2D eigenvalue weighted by atomic mass is 16.8. The number of rotatable bonds is 2. The third-order valence-electron chi connectivity index (χ3n) is 5.90. The van der Waals surface area contributed by atoms with Crippen LogP contribution in [0.1, 0.15) is 79.0 Å². The fourth-order valence-corrected chi connectivity index (χ4v) is 4.44. The number of aliphatic hydroxyl groups is 1. The molecule has 33 heavy (non-hydrogen) atoms. The summed E-state index contributed by atoms with van der Waals surface area (Å²) in [5, 5.41) is 8.97. The van der Waals surface area contributed by atoms with Gasteiger partial charge in [0.25, 0.3) is 0 Å². The van der Waals surface area contributed by atoms with Crippen molar-refractivity contribution in [2.75, 3.05) is 6.61 Å². The highest BCUT2D eigenvalue weighted by molar-refractivity contribution is 5.57. The van der Waals surface area contributed by atoms with Gasteiger partial charge in [-0.1, -0.05) is 52.5 Å². The Bertz CT molecular complexity index is 771. The molecule has 5 rings (SSSR count). The molecule has 1 aromatic carbocycles. The van der Waals surface area contributed by atoms with Gasteiger partial charge in [-0.3, -0.25) is 0 Å². The van der Waals surface area contributed by atoms with Crippen molar-refractivity contribution in [3.63, 3.8) is 0 Å². The number of fused-ring (bicyclic) bond motifs is 2. The molecule has 3 aliphatic heterocycles. The molecular weight excluding hydrogens is 420 g/mol. The number of benzene rings is 1. The van der Waals surface area contributed by atoms with Gasteiger partial charge in [0.2, 0.25) is 0 Å². The van der Waals surface area contributed by atoms with Crippen LogP contribution in [-0.2, 0) is 36.7 Å². The van der Waals surface area contributed by atoms with Gasteiger partial charge in [0.15, 0.2) is 17.9 Å². The topological polar surface area (TPSA) is 66.4 Å². The van der Waals surface area contributed by atoms with Crippen molar-refractivity contribution >= 4 is 6.08 Å². The van der Waals surface area contributed by atoms with E-state index in [1.165, 1.54) is 11.1 Å². The summed E-state index contributed by atoms with van der Waals surface area (Å²) >= 11 is 0. The first-order chi connectivity index (χ1) is 15.1. The fraction of sp³-hybridized carbons (Fsp3) is 0.704. The van der Waals surface area contributed by atoms with E-state index in [4.69, 9.17) is 28.8 Å². The van der Waals surface area contributed by atoms with E-state index in [2.05, 4.69) is 31.2 Å². The van der Waals surface area contributed by atoms with Gasteiger partial charge < -0.3 is 28.8 Å². The minimum atomic E-state index is -0.535. The minimum absolute atomic E-state index is 0. The first kappa shape index (κ1) is 28.0. The average molecular weight is 465 g/mol. The monoisotopic (exact) mass is 464 g/mol. The molecule has 6 heteroatoms. The van der Waals surface area contributed by atoms with E-state index in [1.54, 1.807) is 0 Å². The van der Waals surface area contributed by atoms with Crippen molar-refractivity contribution in [2.45, 2.75) is 112 Å². The molecule has 1 aliphatic carbocycles. The highest BCUT2D eigenvalue weighted by Gasteiger charge is 2.52. The van der Waals surface area contributed by atoms with Crippen molar-refractivity contribution < 1.29 is 28.8 Å². The lowest BCUT2D eigenvalue weighted by molar-refractivity contribution is -0.220. The quantitative estimate of drug-likeness (QED) is 0.628. The second kappa shape index (κ2) is 11.4. The van der Waals surface area contributed by atoms with Crippen molar-refractivity contribution in [1.29, 1.82) is 0 Å². The molecule has 5 atom stereocenters. The summed E-state index contributed by atoms with van der Waals surface area (Å²) in [6.07, 6.45) is 6.04. The van der Waals surface area contributed by atoms with E-state index in [1.807, 2.05) is 47.6 Å². The van der Waals surface area contributed by atoms with Crippen LogP contribution in [0.25, 0.3) is 6.08 Å². The molecule has 2 unspecified atom stereocenters. The number of ether oxygens (including phenoxy) is 5. The predicted molar refractivity (Wildman–Crippen MR) is 131 cm³/mol. The summed E-state index contributed by atoms with van der Waals surface area (Å²) in [5.74, 6) is -0.397. The van der Waals surface area contributed by atoms with Crippen molar-refractivity contribution in [2.24, 2.45) is 5.92 Å². The Hall–Kier alpha value is -1.28. The maximum absolute atomic E-state index is 8.97. The van der Waals surface area contributed by atoms with Gasteiger partial charge in [-0.05, 0) is 62.8 Å². The van der Waals surface area contributed by atoms with Crippen molar-refractivity contribution in [3.05, 3.63) is 41.0 Å². The Morgan fingerprint density at radius 2 is 1.67 bits per heavy atom. The minimum Gasteiger partial charge on any atom is -0.392 e. The van der Waals surface area contributed by atoms with Gasteiger partial charge in [-0.2, -0.15) is 0 Å². The van der Waals surface area contributed by atoms with Crippen LogP contribution < -0.4 is 0 Å². The molecule has 188 valence electrons. The first-order valence-electron chi connectivity index (χ1n) is 11.9. The van der Waals surface area contributed by atoms with Crippen LogP contribution in [0, 0.1) is 5.92 Å². The summed E-state index contributed by atoms with van der Waals surface area (Å²) in [6, 6.07) is 6.20. The van der Waals surface area contributed by atoms with Crippen LogP contribution in [-0.4, -0.2) is 47.9 Å². The maximum atomic E-state index is 8.97. The van der Waals surface area contributed by atoms with Crippen LogP contribution in [0.5, 0.6) is 0 Å². The van der Waals surface area contributed by atoms with Gasteiger partial charge in [0.05, 0.1) is 19.3 Å². The Labute approximate surface area is 200 Å². The predicted octanol–water partition coefficient (Wildman–Crippen LogP) is 5.45. The number of allylic oxidation sites excluding steroid dienone is 1. The molecular formula is C27H44O6. The molecule has 0 amide bonds. The van der Waals surface area contributed by atoms with Gasteiger partial charge in [0, 0.05) is 6.42 Å². The van der Waals surface area contributed by atoms with Gasteiger partial charge in [0.1, 0.15) is 12.2 Å². The normalized spacial score (nSPS) is 32.4. The van der Waals surface area contributed by atoms with E-state index in [0.717, 1.165) is 18.4 Å². The van der Waals surface area contributed by atoms with E-state index >= 15 is 0 Å². The average Bonchev–Trinajstić information content (AvgIpc) is 3.39. The van der Waals surface area contributed by atoms with E-state index in [0.29, 0.717) is 12.5 Å². The first-order valence-corrected chi connectivity index (χ1v) is 11.9. The number of aliphatic hydroxyl groups excluding tert-OH is 1. The Kier molecular flexibility index (Phi) is 9.69. The van der Waals surface area contributed by atoms with E-state index in [-0.39, 0.29) is 38.6 Å². The fourth-order valence-electron chi connectivity index (χ4n) is 4.44. The van der Waals surface area contributed by atoms with E-state index < -0.39 is 11.6 Å². The van der Waals surface area contributed by atoms with Crippen LogP contribution in [0.2, 0.25) is 0 Å². The molecule has 0 aromatic heterocycles. The van der Waals surface area contributed by atoms with Gasteiger partial charge >= 0.3 is 0 Å². The lowest BCUT2D eigenvalue weighted by Gasteiger charge is -2.23. The lowest BCUT2D eigenvalue weighted by atomic mass is 9.90. The van der Waals surface area contributed by atoms with Crippen molar-refractivity contribution in [3.8, 4) is 0 Å². The summed E-state index contributed by atoms with van der Waals surface area (Å²) in [4.78, 5) is 0. The maximum Gasteiger partial charge on any atom is 0.187 e. The van der Waals surface area contributed by atoms with E-state index in [9.17, 15) is 0 Å². The van der Waals surface area contributed by atoms with Crippen molar-refractivity contribution in [1.82, 2.24) is 0 Å². The molecule has 0 bridgehead atoms. The van der Waals surface area contributed by atoms with Crippen LogP contribution in [0.15, 0.2) is 24.3 Å². The molecule has 3 saturated heterocycles. The summed E-state index contributed by atoms with van der Waals surface area (Å²) in [7, 11) is 0. The second-order valence-electron chi connectivity index (χ2n) is 9.55. The largest absolute Gasteiger partial charge is 0.392 e. The Morgan fingerprint density at radius 1 is 0.970 bits per heavy atom. The molecule has 0 radical (unpaired) electrons. The smallest absolute Gasteiger partial charge is 0.187 e. The third-order valence-corrected chi connectivity index (χ3v) is 5.90. The van der Waals surface area contributed by atoms with Gasteiger partial charge in [-0.15, -0.1) is 0 Å². The number of hydrogen-bond donors (Lipinski definition) is 1.